The molecule has 2 fully saturated rings. The number of carbonyl (C=O) groups is 2. The summed E-state index contributed by atoms with van der Waals surface area (Å²) in [6.45, 7) is 13.8. The molecule has 0 saturated carbocycles. The average molecular weight is 888 g/mol. The zero-order valence-electron chi connectivity index (χ0n) is 36.0. The monoisotopic (exact) mass is 886 g/mol. The largest absolute Gasteiger partial charge is 0.399 e. The molecule has 5 N–H and O–H groups in total. The number of terminal acetylenes is 1. The van der Waals surface area contributed by atoms with Crippen molar-refractivity contribution in [2.45, 2.75) is 35.1 Å². The van der Waals surface area contributed by atoms with Gasteiger partial charge in [0.1, 0.15) is 0 Å². The first-order valence-corrected chi connectivity index (χ1v) is 20.7. The van der Waals surface area contributed by atoms with Gasteiger partial charge in [0, 0.05) is 99.1 Å². The van der Waals surface area contributed by atoms with Gasteiger partial charge in [-0.1, -0.05) is 31.7 Å². The number of hydrogen-bond acceptors (Lipinski definition) is 12. The van der Waals surface area contributed by atoms with Crippen molar-refractivity contribution in [2.75, 3.05) is 84.1 Å². The lowest BCUT2D eigenvalue weighted by Crippen LogP contribution is -2.36. The number of amides is 2. The average Bonchev–Trinajstić information content (AvgIpc) is 3.30. The Hall–Kier alpha value is -7.05. The van der Waals surface area contributed by atoms with Crippen LogP contribution in [-0.4, -0.2) is 84.4 Å². The predicted molar refractivity (Wildman–Crippen MR) is 263 cm³/mol. The Bertz CT molecular complexity index is 2410. The van der Waals surface area contributed by atoms with Crippen LogP contribution >= 0.6 is 11.6 Å². The van der Waals surface area contributed by atoms with Crippen molar-refractivity contribution in [3.05, 3.63) is 126 Å². The summed E-state index contributed by atoms with van der Waals surface area (Å²) in [4.78, 5) is 44.0. The van der Waals surface area contributed by atoms with Crippen LogP contribution in [0.25, 0.3) is 22.5 Å². The lowest BCUT2D eigenvalue weighted by atomic mass is 10.1. The van der Waals surface area contributed by atoms with Crippen LogP contribution in [0.3, 0.4) is 0 Å². The summed E-state index contributed by atoms with van der Waals surface area (Å²) in [6, 6.07) is 31.3. The van der Waals surface area contributed by atoms with E-state index in [4.69, 9.17) is 31.8 Å². The molecule has 336 valence electrons. The molecule has 4 aromatic carbocycles. The minimum absolute atomic E-state index is 0. The van der Waals surface area contributed by atoms with Gasteiger partial charge < -0.3 is 41.0 Å². The van der Waals surface area contributed by atoms with Gasteiger partial charge in [0.2, 0.25) is 23.0 Å². The SMILES string of the molecule is C.C#C.CC(=O)Nc1ccc(-c2nc(Cl)ncc2C)cc1.CC(=O)Nc1ccc(-c2nc(Nc3ccc(N4CCOCC4)cc3)ncc2C)cc1.Nc1ccc(N2CCOCC2)cc1.[HH]. The maximum absolute atomic E-state index is 11.2. The fourth-order valence-corrected chi connectivity index (χ4v) is 6.68. The van der Waals surface area contributed by atoms with E-state index < -0.39 is 0 Å². The van der Waals surface area contributed by atoms with Crippen molar-refractivity contribution in [3.8, 4) is 35.4 Å². The van der Waals surface area contributed by atoms with Crippen LogP contribution in [0.2, 0.25) is 5.28 Å². The maximum atomic E-state index is 11.2. The number of nitrogens with two attached hydrogens (primary N) is 1. The second kappa shape index (κ2) is 25.2. The Kier molecular flexibility index (Phi) is 19.5. The molecule has 2 amide bonds. The van der Waals surface area contributed by atoms with Gasteiger partial charge in [0.05, 0.1) is 37.8 Å². The van der Waals surface area contributed by atoms with E-state index in [-0.39, 0.29) is 26.0 Å². The lowest BCUT2D eigenvalue weighted by molar-refractivity contribution is -0.115. The summed E-state index contributed by atoms with van der Waals surface area (Å²) in [5.41, 5.74) is 16.8. The zero-order chi connectivity index (χ0) is 45.1. The van der Waals surface area contributed by atoms with Crippen LogP contribution in [-0.2, 0) is 19.1 Å². The van der Waals surface area contributed by atoms with Gasteiger partial charge in [-0.25, -0.2) is 19.9 Å². The van der Waals surface area contributed by atoms with E-state index >= 15 is 0 Å². The third kappa shape index (κ3) is 15.1. The number of benzene rings is 4. The second-order valence-corrected chi connectivity index (χ2v) is 14.7. The Morgan fingerprint density at radius 2 is 1.02 bits per heavy atom. The number of nitrogens with one attached hydrogen (secondary N) is 3. The highest BCUT2D eigenvalue weighted by Gasteiger charge is 2.13. The van der Waals surface area contributed by atoms with Crippen LogP contribution in [0.4, 0.5) is 40.1 Å². The van der Waals surface area contributed by atoms with Crippen molar-refractivity contribution >= 4 is 63.5 Å². The molecule has 2 aromatic heterocycles. The topological polar surface area (TPSA) is 173 Å². The van der Waals surface area contributed by atoms with Crippen molar-refractivity contribution in [1.82, 2.24) is 19.9 Å². The van der Waals surface area contributed by atoms with Gasteiger partial charge >= 0.3 is 0 Å². The van der Waals surface area contributed by atoms with E-state index in [0.717, 1.165) is 109 Å². The lowest BCUT2D eigenvalue weighted by Gasteiger charge is -2.28. The first-order chi connectivity index (χ1) is 30.5. The first kappa shape index (κ1) is 49.6. The number of nitrogen functional groups attached to an aromatic ring is 1. The molecular formula is C49H59ClN10O4. The van der Waals surface area contributed by atoms with Gasteiger partial charge in [-0.2, -0.15) is 0 Å². The summed E-state index contributed by atoms with van der Waals surface area (Å²) in [6.07, 6.45) is 11.5. The molecule has 0 unspecified atom stereocenters. The molecule has 2 aliphatic heterocycles. The number of aryl methyl sites for hydroxylation is 2. The predicted octanol–water partition coefficient (Wildman–Crippen LogP) is 9.29. The third-order valence-electron chi connectivity index (χ3n) is 9.64. The van der Waals surface area contributed by atoms with Crippen molar-refractivity contribution in [3.63, 3.8) is 0 Å². The van der Waals surface area contributed by atoms with E-state index in [1.807, 2.05) is 92.8 Å². The highest BCUT2D eigenvalue weighted by atomic mass is 35.5. The highest BCUT2D eigenvalue weighted by Crippen LogP contribution is 2.27. The molecule has 15 heteroatoms. The maximum Gasteiger partial charge on any atom is 0.227 e. The minimum Gasteiger partial charge on any atom is -0.399 e. The Morgan fingerprint density at radius 3 is 1.45 bits per heavy atom. The van der Waals surface area contributed by atoms with Crippen LogP contribution in [0.15, 0.2) is 109 Å². The number of nitrogens with zero attached hydrogens (tertiary/aromatic N) is 6. The molecular weight excluding hydrogens is 828 g/mol. The van der Waals surface area contributed by atoms with Gasteiger partial charge in [-0.3, -0.25) is 9.59 Å². The highest BCUT2D eigenvalue weighted by molar-refractivity contribution is 6.28. The third-order valence-corrected chi connectivity index (χ3v) is 9.82. The minimum atomic E-state index is -0.0935. The normalized spacial score (nSPS) is 12.9. The smallest absolute Gasteiger partial charge is 0.227 e. The molecule has 0 spiro atoms. The molecule has 2 saturated heterocycles. The summed E-state index contributed by atoms with van der Waals surface area (Å²) in [5, 5.41) is 9.00. The van der Waals surface area contributed by atoms with Gasteiger partial charge in [0.15, 0.2) is 0 Å². The molecule has 0 radical (unpaired) electrons. The first-order valence-electron chi connectivity index (χ1n) is 20.3. The number of halogens is 1. The van der Waals surface area contributed by atoms with E-state index in [2.05, 4.69) is 77.8 Å². The second-order valence-electron chi connectivity index (χ2n) is 14.4. The van der Waals surface area contributed by atoms with Gasteiger partial charge in [-0.05, 0) is 109 Å². The molecule has 64 heavy (non-hydrogen) atoms. The summed E-state index contributed by atoms with van der Waals surface area (Å²) >= 11 is 5.79. The van der Waals surface area contributed by atoms with Crippen LogP contribution in [0, 0.1) is 26.7 Å². The molecule has 0 atom stereocenters. The van der Waals surface area contributed by atoms with Gasteiger partial charge in [-0.15, -0.1) is 12.8 Å². The molecule has 4 heterocycles. The van der Waals surface area contributed by atoms with Gasteiger partial charge in [0.25, 0.3) is 0 Å². The van der Waals surface area contributed by atoms with E-state index in [1.165, 1.54) is 25.2 Å². The number of aromatic nitrogens is 4. The quantitative estimate of drug-likeness (QED) is 0.0650. The molecule has 0 aliphatic carbocycles. The Labute approximate surface area is 383 Å². The standard InChI is InChI=1S/C23H25N5O2.C13H12ClN3O.C10H14N2O.C2H2.CH4.H2/c1-16-15-24-23(27-22(16)18-3-5-19(6-4-18)25-17(2)29)26-20-7-9-21(10-8-20)28-11-13-30-14-12-28;1-8-7-15-13(14)17-12(8)10-3-5-11(6-4-10)16-9(2)18;11-9-1-3-10(4-2-9)12-5-7-13-8-6-12;1-2;;/h3-10,15H,11-14H2,1-2H3,(H,25,29)(H,24,26,27);3-7H,1-2H3,(H,16,18);1-4H,5-8,11H2;1-2H;1H4;1H. The zero-order valence-corrected chi connectivity index (χ0v) is 36.7. The number of rotatable bonds is 8. The Balaban J connectivity index is 0.000000273. The number of carbonyl (C=O) groups excluding carboxylic acids is 2. The number of ether oxygens (including phenoxy) is 2. The fraction of sp³-hybridized carbons (Fsp3) is 0.265. The van der Waals surface area contributed by atoms with Crippen molar-refractivity contribution < 1.29 is 20.5 Å². The molecule has 14 nitrogen and oxygen atoms in total. The molecule has 2 aliphatic rings. The van der Waals surface area contributed by atoms with Crippen molar-refractivity contribution in [2.24, 2.45) is 0 Å². The fourth-order valence-electron chi connectivity index (χ4n) is 6.55. The number of hydrogen-bond donors (Lipinski definition) is 4. The van der Waals surface area contributed by atoms with E-state index in [0.29, 0.717) is 5.95 Å². The van der Waals surface area contributed by atoms with Crippen molar-refractivity contribution in [1.29, 1.82) is 0 Å². The molecule has 0 bridgehead atoms. The van der Waals surface area contributed by atoms with Crippen LogP contribution in [0.5, 0.6) is 0 Å². The summed E-state index contributed by atoms with van der Waals surface area (Å²) < 4.78 is 10.7. The van der Waals surface area contributed by atoms with E-state index in [1.54, 1.807) is 6.20 Å². The Morgan fingerprint density at radius 1 is 0.625 bits per heavy atom. The van der Waals surface area contributed by atoms with Crippen LogP contribution in [0.1, 0.15) is 33.8 Å². The molecule has 6 aromatic rings. The number of anilines is 7. The van der Waals surface area contributed by atoms with Crippen LogP contribution < -0.4 is 31.5 Å². The number of morpholine rings is 2. The van der Waals surface area contributed by atoms with E-state index in [9.17, 15) is 9.59 Å². The summed E-state index contributed by atoms with van der Waals surface area (Å²) in [5.74, 6) is 0.358. The summed E-state index contributed by atoms with van der Waals surface area (Å²) in [7, 11) is 0. The molecule has 8 rings (SSSR count).